The third-order valence-electron chi connectivity index (χ3n) is 5.95. The summed E-state index contributed by atoms with van der Waals surface area (Å²) in [6, 6.07) is 5.41. The largest absolute Gasteiger partial charge is 0.486 e. The first-order valence-corrected chi connectivity index (χ1v) is 11.4. The van der Waals surface area contributed by atoms with Gasteiger partial charge < -0.3 is 14.4 Å². The highest BCUT2D eigenvalue weighted by Gasteiger charge is 2.33. The smallest absolute Gasteiger partial charge is 0.243 e. The normalized spacial score (nSPS) is 23.4. The number of sulfonamides is 1. The molecule has 0 radical (unpaired) electrons. The predicted molar refractivity (Wildman–Crippen MR) is 103 cm³/mol. The van der Waals surface area contributed by atoms with Crippen molar-refractivity contribution in [3.63, 3.8) is 0 Å². The molecule has 1 aromatic rings. The van der Waals surface area contributed by atoms with Crippen molar-refractivity contribution in [2.24, 2.45) is 0 Å². The zero-order valence-electron chi connectivity index (χ0n) is 16.0. The van der Waals surface area contributed by atoms with E-state index in [0.717, 1.165) is 45.6 Å². The van der Waals surface area contributed by atoms with Gasteiger partial charge in [0.25, 0.3) is 0 Å². The van der Waals surface area contributed by atoms with Gasteiger partial charge in [-0.1, -0.05) is 6.92 Å². The Hall–Kier alpha value is -1.35. The molecule has 3 aliphatic rings. The highest BCUT2D eigenvalue weighted by Crippen LogP contribution is 2.34. The molecule has 0 saturated carbocycles. The van der Waals surface area contributed by atoms with Crippen LogP contribution < -0.4 is 9.47 Å². The van der Waals surface area contributed by atoms with Crippen molar-refractivity contribution < 1.29 is 17.9 Å². The summed E-state index contributed by atoms with van der Waals surface area (Å²) in [5.41, 5.74) is 0. The molecule has 3 heterocycles. The fraction of sp³-hybridized carbons (Fsp3) is 0.684. The van der Waals surface area contributed by atoms with Crippen LogP contribution in [0.15, 0.2) is 23.1 Å². The summed E-state index contributed by atoms with van der Waals surface area (Å²) in [6.45, 7) is 9.84. The topological polar surface area (TPSA) is 62.3 Å². The minimum absolute atomic E-state index is 0.293. The molecular formula is C19H29N3O4S. The summed E-state index contributed by atoms with van der Waals surface area (Å²) < 4.78 is 38.7. The molecule has 7 nitrogen and oxygen atoms in total. The Bertz CT molecular complexity index is 754. The Balaban J connectivity index is 1.39. The van der Waals surface area contributed by atoms with Crippen LogP contribution in [0.2, 0.25) is 0 Å². The van der Waals surface area contributed by atoms with Crippen molar-refractivity contribution in [2.75, 3.05) is 59.0 Å². The number of nitrogens with zero attached hydrogens (tertiary/aromatic N) is 3. The summed E-state index contributed by atoms with van der Waals surface area (Å²) in [7, 11) is -3.49. The Morgan fingerprint density at radius 1 is 0.963 bits per heavy atom. The molecule has 150 valence electrons. The number of piperidine rings is 1. The van der Waals surface area contributed by atoms with E-state index in [0.29, 0.717) is 48.7 Å². The van der Waals surface area contributed by atoms with E-state index in [1.165, 1.54) is 0 Å². The molecule has 8 heteroatoms. The van der Waals surface area contributed by atoms with Gasteiger partial charge in [0.1, 0.15) is 13.2 Å². The maximum Gasteiger partial charge on any atom is 0.243 e. The molecule has 0 amide bonds. The molecule has 2 fully saturated rings. The van der Waals surface area contributed by atoms with Crippen LogP contribution in [0, 0.1) is 0 Å². The second-order valence-corrected chi connectivity index (χ2v) is 9.35. The van der Waals surface area contributed by atoms with Gasteiger partial charge in [-0.05, 0) is 31.5 Å². The maximum absolute atomic E-state index is 13.0. The number of fused-ring (bicyclic) bond motifs is 1. The van der Waals surface area contributed by atoms with E-state index in [4.69, 9.17) is 9.47 Å². The number of ether oxygens (including phenoxy) is 2. The van der Waals surface area contributed by atoms with Gasteiger partial charge in [-0.3, -0.25) is 4.90 Å². The molecule has 4 rings (SSSR count). The molecule has 0 N–H and O–H groups in total. The zero-order valence-corrected chi connectivity index (χ0v) is 16.8. The summed E-state index contributed by atoms with van der Waals surface area (Å²) in [5, 5.41) is 0. The standard InChI is InChI=1S/C19H29N3O4S/c1-2-20-9-11-21(12-10-20)16-5-7-22(8-6-16)27(23,24)17-3-4-18-19(15-17)26-14-13-25-18/h3-4,15-16H,2,5-14H2,1H3. The van der Waals surface area contributed by atoms with Gasteiger partial charge in [0.15, 0.2) is 11.5 Å². The first-order chi connectivity index (χ1) is 13.1. The molecule has 3 aliphatic heterocycles. The van der Waals surface area contributed by atoms with Gasteiger partial charge >= 0.3 is 0 Å². The fourth-order valence-electron chi connectivity index (χ4n) is 4.23. The Kier molecular flexibility index (Phi) is 5.59. The van der Waals surface area contributed by atoms with Crippen LogP contribution in [-0.2, 0) is 10.0 Å². The first kappa shape index (κ1) is 19.0. The zero-order chi connectivity index (χ0) is 18.9. The van der Waals surface area contributed by atoms with Crippen LogP contribution >= 0.6 is 0 Å². The minimum Gasteiger partial charge on any atom is -0.486 e. The molecular weight excluding hydrogens is 366 g/mol. The maximum atomic E-state index is 13.0. The third-order valence-corrected chi connectivity index (χ3v) is 7.84. The van der Waals surface area contributed by atoms with E-state index >= 15 is 0 Å². The van der Waals surface area contributed by atoms with E-state index in [2.05, 4.69) is 16.7 Å². The van der Waals surface area contributed by atoms with Crippen molar-refractivity contribution in [1.82, 2.24) is 14.1 Å². The number of hydrogen-bond acceptors (Lipinski definition) is 6. The van der Waals surface area contributed by atoms with E-state index in [1.807, 2.05) is 0 Å². The van der Waals surface area contributed by atoms with Gasteiger partial charge in [-0.15, -0.1) is 0 Å². The highest BCUT2D eigenvalue weighted by atomic mass is 32.2. The Labute approximate surface area is 161 Å². The molecule has 1 aromatic carbocycles. The van der Waals surface area contributed by atoms with E-state index < -0.39 is 10.0 Å². The number of benzene rings is 1. The SMILES string of the molecule is CCN1CCN(C2CCN(S(=O)(=O)c3ccc4c(c3)OCCO4)CC2)CC1. The quantitative estimate of drug-likeness (QED) is 0.765. The summed E-state index contributed by atoms with van der Waals surface area (Å²) in [6.07, 6.45) is 1.80. The molecule has 0 unspecified atom stereocenters. The van der Waals surface area contributed by atoms with Gasteiger partial charge in [0, 0.05) is 51.4 Å². The number of piperazine rings is 1. The van der Waals surface area contributed by atoms with Crippen molar-refractivity contribution in [2.45, 2.75) is 30.7 Å². The lowest BCUT2D eigenvalue weighted by molar-refractivity contribution is 0.0750. The second kappa shape index (κ2) is 7.95. The van der Waals surface area contributed by atoms with E-state index in [9.17, 15) is 8.42 Å². The number of likely N-dealkylation sites (N-methyl/N-ethyl adjacent to an activating group) is 1. The van der Waals surface area contributed by atoms with Crippen molar-refractivity contribution in [3.05, 3.63) is 18.2 Å². The van der Waals surface area contributed by atoms with Gasteiger partial charge in [-0.2, -0.15) is 4.31 Å². The fourth-order valence-corrected chi connectivity index (χ4v) is 5.71. The van der Waals surface area contributed by atoms with E-state index in [1.54, 1.807) is 22.5 Å². The van der Waals surface area contributed by atoms with Crippen molar-refractivity contribution >= 4 is 10.0 Å². The lowest BCUT2D eigenvalue weighted by atomic mass is 10.0. The van der Waals surface area contributed by atoms with Crippen LogP contribution in [0.4, 0.5) is 0 Å². The summed E-state index contributed by atoms with van der Waals surface area (Å²) >= 11 is 0. The monoisotopic (exact) mass is 395 g/mol. The number of hydrogen-bond donors (Lipinski definition) is 0. The Morgan fingerprint density at radius 2 is 1.63 bits per heavy atom. The van der Waals surface area contributed by atoms with Crippen molar-refractivity contribution in [3.8, 4) is 11.5 Å². The Morgan fingerprint density at radius 3 is 2.30 bits per heavy atom. The van der Waals surface area contributed by atoms with Gasteiger partial charge in [0.05, 0.1) is 4.90 Å². The molecule has 0 atom stereocenters. The summed E-state index contributed by atoms with van der Waals surface area (Å²) in [5.74, 6) is 1.14. The lowest BCUT2D eigenvalue weighted by Crippen LogP contribution is -2.53. The average Bonchev–Trinajstić information content (AvgIpc) is 2.73. The van der Waals surface area contributed by atoms with E-state index in [-0.39, 0.29) is 0 Å². The minimum atomic E-state index is -3.49. The third kappa shape index (κ3) is 3.94. The van der Waals surface area contributed by atoms with Crippen LogP contribution in [-0.4, -0.2) is 87.6 Å². The van der Waals surface area contributed by atoms with Crippen LogP contribution in [0.25, 0.3) is 0 Å². The van der Waals surface area contributed by atoms with Crippen LogP contribution in [0.5, 0.6) is 11.5 Å². The molecule has 0 bridgehead atoms. The molecule has 0 spiro atoms. The molecule has 0 aromatic heterocycles. The van der Waals surface area contributed by atoms with Crippen LogP contribution in [0.1, 0.15) is 19.8 Å². The van der Waals surface area contributed by atoms with Crippen molar-refractivity contribution in [1.29, 1.82) is 0 Å². The molecule has 0 aliphatic carbocycles. The van der Waals surface area contributed by atoms with Crippen LogP contribution in [0.3, 0.4) is 0 Å². The molecule has 27 heavy (non-hydrogen) atoms. The second-order valence-electron chi connectivity index (χ2n) is 7.41. The lowest BCUT2D eigenvalue weighted by Gasteiger charge is -2.42. The highest BCUT2D eigenvalue weighted by molar-refractivity contribution is 7.89. The average molecular weight is 396 g/mol. The summed E-state index contributed by atoms with van der Waals surface area (Å²) in [4.78, 5) is 5.31. The first-order valence-electron chi connectivity index (χ1n) is 9.94. The number of rotatable bonds is 4. The molecule has 2 saturated heterocycles. The van der Waals surface area contributed by atoms with Gasteiger partial charge in [-0.25, -0.2) is 8.42 Å². The predicted octanol–water partition coefficient (Wildman–Crippen LogP) is 1.25. The van der Waals surface area contributed by atoms with Gasteiger partial charge in [0.2, 0.25) is 10.0 Å².